The minimum absolute atomic E-state index is 0.0660. The van der Waals surface area contributed by atoms with Gasteiger partial charge >= 0.3 is 0 Å². The zero-order valence-electron chi connectivity index (χ0n) is 15.3. The molecule has 0 unspecified atom stereocenters. The monoisotopic (exact) mass is 416 g/mol. The topological polar surface area (TPSA) is 66.5 Å². The predicted molar refractivity (Wildman–Crippen MR) is 112 cm³/mol. The molecule has 0 spiro atoms. The Bertz CT molecular complexity index is 835. The fourth-order valence-electron chi connectivity index (χ4n) is 2.96. The van der Waals surface area contributed by atoms with Gasteiger partial charge in [-0.2, -0.15) is 11.8 Å². The number of hydrogen-bond donors (Lipinski definition) is 1. The predicted octanol–water partition coefficient (Wildman–Crippen LogP) is 3.77. The molecule has 146 valence electrons. The molecule has 1 aliphatic rings. The largest absolute Gasteiger partial charge is 0.355 e. The number of benzene rings is 2. The summed E-state index contributed by atoms with van der Waals surface area (Å²) >= 11 is 7.59. The van der Waals surface area contributed by atoms with Crippen molar-refractivity contribution in [2.45, 2.75) is 18.6 Å². The molecule has 0 bridgehead atoms. The van der Waals surface area contributed by atoms with Crippen molar-refractivity contribution in [2.75, 3.05) is 18.8 Å². The van der Waals surface area contributed by atoms with Gasteiger partial charge in [-0.1, -0.05) is 35.9 Å². The molecular weight excluding hydrogens is 396 g/mol. The van der Waals surface area contributed by atoms with Crippen molar-refractivity contribution >= 4 is 41.1 Å². The first-order valence-corrected chi connectivity index (χ1v) is 10.6. The van der Waals surface area contributed by atoms with Crippen molar-refractivity contribution in [3.8, 4) is 0 Å². The Morgan fingerprint density at radius 2 is 1.64 bits per heavy atom. The number of nitrogens with zero attached hydrogens (tertiary/aromatic N) is 1. The van der Waals surface area contributed by atoms with E-state index in [2.05, 4.69) is 5.32 Å². The summed E-state index contributed by atoms with van der Waals surface area (Å²) in [5.41, 5.74) is 2.07. The summed E-state index contributed by atoms with van der Waals surface area (Å²) in [6.07, 6.45) is 0.741. The van der Waals surface area contributed by atoms with Crippen molar-refractivity contribution < 1.29 is 14.4 Å². The summed E-state index contributed by atoms with van der Waals surface area (Å²) in [4.78, 5) is 37.7. The Morgan fingerprint density at radius 1 is 1.00 bits per heavy atom. The molecule has 0 saturated heterocycles. The van der Waals surface area contributed by atoms with Gasteiger partial charge in [0.15, 0.2) is 0 Å². The lowest BCUT2D eigenvalue weighted by Gasteiger charge is -2.13. The molecule has 0 fully saturated rings. The third kappa shape index (κ3) is 5.14. The van der Waals surface area contributed by atoms with Gasteiger partial charge < -0.3 is 5.32 Å². The van der Waals surface area contributed by atoms with Crippen LogP contribution in [0.2, 0.25) is 5.02 Å². The first-order valence-electron chi connectivity index (χ1n) is 9.10. The summed E-state index contributed by atoms with van der Waals surface area (Å²) < 4.78 is 0. The van der Waals surface area contributed by atoms with Crippen molar-refractivity contribution in [2.24, 2.45) is 0 Å². The molecule has 0 saturated carbocycles. The number of halogens is 1. The zero-order chi connectivity index (χ0) is 19.9. The maximum Gasteiger partial charge on any atom is 0.261 e. The second-order valence-corrected chi connectivity index (χ2v) is 7.98. The fraction of sp³-hybridized carbons (Fsp3) is 0.286. The van der Waals surface area contributed by atoms with Gasteiger partial charge in [0.25, 0.3) is 11.8 Å². The third-order valence-electron chi connectivity index (χ3n) is 4.41. The summed E-state index contributed by atoms with van der Waals surface area (Å²) in [5, 5.41) is 3.60. The van der Waals surface area contributed by atoms with Gasteiger partial charge in [0.2, 0.25) is 5.91 Å². The normalized spacial score (nSPS) is 13.0. The Hall–Kier alpha value is -2.31. The van der Waals surface area contributed by atoms with E-state index < -0.39 is 0 Å². The number of amides is 3. The lowest BCUT2D eigenvalue weighted by atomic mass is 10.1. The molecule has 7 heteroatoms. The fourth-order valence-corrected chi connectivity index (χ4v) is 3.91. The van der Waals surface area contributed by atoms with Gasteiger partial charge in [-0.05, 0) is 36.2 Å². The van der Waals surface area contributed by atoms with E-state index >= 15 is 0 Å². The molecular formula is C21H21ClN2O3S. The lowest BCUT2D eigenvalue weighted by molar-refractivity contribution is -0.121. The lowest BCUT2D eigenvalue weighted by Crippen LogP contribution is -2.32. The summed E-state index contributed by atoms with van der Waals surface area (Å²) in [6.45, 7) is 0.842. The maximum atomic E-state index is 12.3. The quantitative estimate of drug-likeness (QED) is 0.499. The Morgan fingerprint density at radius 3 is 2.29 bits per heavy atom. The average molecular weight is 417 g/mol. The molecule has 0 radical (unpaired) electrons. The average Bonchev–Trinajstić information content (AvgIpc) is 2.94. The van der Waals surface area contributed by atoms with Crippen LogP contribution in [0.1, 0.15) is 39.1 Å². The maximum absolute atomic E-state index is 12.3. The van der Waals surface area contributed by atoms with Crippen LogP contribution in [-0.2, 0) is 10.5 Å². The molecule has 0 atom stereocenters. The van der Waals surface area contributed by atoms with Gasteiger partial charge in [-0.3, -0.25) is 19.3 Å². The van der Waals surface area contributed by atoms with Gasteiger partial charge in [0, 0.05) is 36.0 Å². The molecule has 0 aliphatic carbocycles. The minimum atomic E-state index is -0.278. The van der Waals surface area contributed by atoms with Crippen LogP contribution in [0.25, 0.3) is 0 Å². The van der Waals surface area contributed by atoms with Crippen molar-refractivity contribution in [3.63, 3.8) is 0 Å². The van der Waals surface area contributed by atoms with E-state index in [1.165, 1.54) is 10.5 Å². The molecule has 2 aromatic carbocycles. The highest BCUT2D eigenvalue weighted by molar-refractivity contribution is 7.98. The number of thioether (sulfide) groups is 1. The zero-order valence-corrected chi connectivity index (χ0v) is 16.9. The van der Waals surface area contributed by atoms with Crippen LogP contribution in [0, 0.1) is 0 Å². The number of carbonyl (C=O) groups excluding carboxylic acids is 3. The third-order valence-corrected chi connectivity index (χ3v) is 5.70. The highest BCUT2D eigenvalue weighted by atomic mass is 35.5. The van der Waals surface area contributed by atoms with E-state index in [0.717, 1.165) is 16.5 Å². The Labute approximate surface area is 173 Å². The molecule has 3 rings (SSSR count). The highest BCUT2D eigenvalue weighted by Gasteiger charge is 2.34. The van der Waals surface area contributed by atoms with Crippen LogP contribution in [0.5, 0.6) is 0 Å². The van der Waals surface area contributed by atoms with Crippen LogP contribution in [0.15, 0.2) is 48.5 Å². The molecule has 0 aromatic heterocycles. The van der Waals surface area contributed by atoms with Gasteiger partial charge in [0.1, 0.15) is 0 Å². The molecule has 1 aliphatic heterocycles. The summed E-state index contributed by atoms with van der Waals surface area (Å²) in [5.74, 6) is 1.06. The standard InChI is InChI=1S/C21H21ClN2O3S/c22-16-9-7-15(8-10-16)14-28-13-11-23-19(25)6-3-12-24-20(26)17-4-1-2-5-18(17)21(24)27/h1-2,4-5,7-10H,3,6,11-14H2,(H,23,25). The molecule has 1 heterocycles. The second-order valence-electron chi connectivity index (χ2n) is 6.44. The van der Waals surface area contributed by atoms with Gasteiger partial charge in [0.05, 0.1) is 11.1 Å². The van der Waals surface area contributed by atoms with Crippen molar-refractivity contribution in [1.29, 1.82) is 0 Å². The van der Waals surface area contributed by atoms with Crippen LogP contribution in [-0.4, -0.2) is 41.5 Å². The van der Waals surface area contributed by atoms with Crippen molar-refractivity contribution in [3.05, 3.63) is 70.2 Å². The number of fused-ring (bicyclic) bond motifs is 1. The number of carbonyl (C=O) groups is 3. The molecule has 3 amide bonds. The van der Waals surface area contributed by atoms with Crippen LogP contribution >= 0.6 is 23.4 Å². The Kier molecular flexibility index (Phi) is 7.12. The van der Waals surface area contributed by atoms with Crippen molar-refractivity contribution in [1.82, 2.24) is 10.2 Å². The molecule has 2 aromatic rings. The first-order chi connectivity index (χ1) is 13.6. The van der Waals surface area contributed by atoms with E-state index in [-0.39, 0.29) is 30.7 Å². The van der Waals surface area contributed by atoms with E-state index in [1.807, 2.05) is 24.3 Å². The molecule has 28 heavy (non-hydrogen) atoms. The van der Waals surface area contributed by atoms with E-state index in [9.17, 15) is 14.4 Å². The minimum Gasteiger partial charge on any atom is -0.355 e. The van der Waals surface area contributed by atoms with Crippen LogP contribution in [0.3, 0.4) is 0 Å². The van der Waals surface area contributed by atoms with Crippen LogP contribution < -0.4 is 5.32 Å². The summed E-state index contributed by atoms with van der Waals surface area (Å²) in [7, 11) is 0. The van der Waals surface area contributed by atoms with Gasteiger partial charge in [-0.25, -0.2) is 0 Å². The number of hydrogen-bond acceptors (Lipinski definition) is 4. The second kappa shape index (κ2) is 9.75. The highest BCUT2D eigenvalue weighted by Crippen LogP contribution is 2.22. The van der Waals surface area contributed by atoms with E-state index in [1.54, 1.807) is 36.0 Å². The van der Waals surface area contributed by atoms with E-state index in [4.69, 9.17) is 11.6 Å². The first kappa shape index (κ1) is 20.4. The van der Waals surface area contributed by atoms with E-state index in [0.29, 0.717) is 24.1 Å². The summed E-state index contributed by atoms with van der Waals surface area (Å²) in [6, 6.07) is 14.5. The molecule has 5 nitrogen and oxygen atoms in total. The molecule has 1 N–H and O–H groups in total. The SMILES string of the molecule is O=C(CCCN1C(=O)c2ccccc2C1=O)NCCSCc1ccc(Cl)cc1. The number of imide groups is 1. The smallest absolute Gasteiger partial charge is 0.261 e. The Balaban J connectivity index is 1.30. The van der Waals surface area contributed by atoms with Crippen LogP contribution in [0.4, 0.5) is 0 Å². The number of rotatable bonds is 9. The number of nitrogens with one attached hydrogen (secondary N) is 1. The van der Waals surface area contributed by atoms with Gasteiger partial charge in [-0.15, -0.1) is 0 Å².